The molecule has 6 nitrogen and oxygen atoms in total. The first-order valence-corrected chi connectivity index (χ1v) is 11.9. The van der Waals surface area contributed by atoms with Crippen molar-refractivity contribution in [3.05, 3.63) is 88.9 Å². The molecule has 1 N–H and O–H groups in total. The van der Waals surface area contributed by atoms with Gasteiger partial charge < -0.3 is 10.1 Å². The van der Waals surface area contributed by atoms with Crippen LogP contribution in [0.3, 0.4) is 0 Å². The van der Waals surface area contributed by atoms with Gasteiger partial charge in [-0.15, -0.1) is 0 Å². The molecule has 3 rings (SSSR count). The van der Waals surface area contributed by atoms with Gasteiger partial charge in [-0.2, -0.15) is 4.31 Å². The van der Waals surface area contributed by atoms with Gasteiger partial charge in [0.05, 0.1) is 23.6 Å². The molecule has 0 fully saturated rings. The van der Waals surface area contributed by atoms with E-state index in [1.807, 2.05) is 49.4 Å². The Kier molecular flexibility index (Phi) is 7.90. The van der Waals surface area contributed by atoms with E-state index in [9.17, 15) is 13.2 Å². The summed E-state index contributed by atoms with van der Waals surface area (Å²) in [6, 6.07) is 20.8. The summed E-state index contributed by atoms with van der Waals surface area (Å²) in [7, 11) is -2.56. The number of aryl methyl sites for hydroxylation is 1. The van der Waals surface area contributed by atoms with Crippen molar-refractivity contribution < 1.29 is 17.9 Å². The van der Waals surface area contributed by atoms with Gasteiger partial charge in [-0.3, -0.25) is 4.79 Å². The fourth-order valence-corrected chi connectivity index (χ4v) is 4.89. The molecule has 32 heavy (non-hydrogen) atoms. The molecular weight excluding hydrogens is 448 g/mol. The maximum Gasteiger partial charge on any atom is 0.243 e. The summed E-state index contributed by atoms with van der Waals surface area (Å²) in [5, 5.41) is 2.95. The minimum atomic E-state index is -4.01. The average molecular weight is 473 g/mol. The van der Waals surface area contributed by atoms with Crippen LogP contribution in [0, 0.1) is 0 Å². The molecule has 0 atom stereocenters. The van der Waals surface area contributed by atoms with Crippen LogP contribution in [-0.4, -0.2) is 32.3 Å². The van der Waals surface area contributed by atoms with Gasteiger partial charge in [0.1, 0.15) is 5.75 Å². The molecule has 0 bridgehead atoms. The maximum atomic E-state index is 13.4. The number of carbonyl (C=O) groups excluding carboxylic acids is 1. The van der Waals surface area contributed by atoms with Crippen molar-refractivity contribution in [2.45, 2.75) is 24.8 Å². The van der Waals surface area contributed by atoms with Crippen LogP contribution in [0.2, 0.25) is 5.02 Å². The zero-order chi connectivity index (χ0) is 23.1. The Balaban J connectivity index is 1.86. The number of benzene rings is 3. The predicted octanol–water partition coefficient (Wildman–Crippen LogP) is 4.74. The normalized spacial score (nSPS) is 11.4. The molecule has 0 aromatic heterocycles. The Hall–Kier alpha value is -2.87. The standard InChI is InChI=1S/C24H25ClN2O4S/c1-3-18-9-11-20(12-10-18)26-24(28)17-27(16-19-7-5-4-6-8-19)32(29,30)21-13-14-23(31-2)22(25)15-21/h4-15H,3,16-17H2,1-2H3,(H,26,28). The third kappa shape index (κ3) is 5.88. The summed E-state index contributed by atoms with van der Waals surface area (Å²) in [5.74, 6) is -0.0677. The van der Waals surface area contributed by atoms with Gasteiger partial charge in [0.2, 0.25) is 15.9 Å². The molecule has 0 aliphatic rings. The minimum Gasteiger partial charge on any atom is -0.495 e. The Morgan fingerprint density at radius 1 is 1.00 bits per heavy atom. The lowest BCUT2D eigenvalue weighted by atomic mass is 10.1. The van der Waals surface area contributed by atoms with E-state index in [4.69, 9.17) is 16.3 Å². The van der Waals surface area contributed by atoms with E-state index in [1.165, 1.54) is 25.3 Å². The number of methoxy groups -OCH3 is 1. The number of anilines is 1. The number of rotatable bonds is 9. The van der Waals surface area contributed by atoms with Crippen LogP contribution in [0.5, 0.6) is 5.75 Å². The number of nitrogens with zero attached hydrogens (tertiary/aromatic N) is 1. The first-order valence-electron chi connectivity index (χ1n) is 10.1. The van der Waals surface area contributed by atoms with Crippen LogP contribution >= 0.6 is 11.6 Å². The molecule has 0 saturated heterocycles. The highest BCUT2D eigenvalue weighted by Gasteiger charge is 2.28. The van der Waals surface area contributed by atoms with E-state index in [1.54, 1.807) is 12.1 Å². The van der Waals surface area contributed by atoms with E-state index >= 15 is 0 Å². The number of hydrogen-bond donors (Lipinski definition) is 1. The molecule has 0 aliphatic carbocycles. The topological polar surface area (TPSA) is 75.7 Å². The van der Waals surface area contributed by atoms with Crippen LogP contribution in [0.4, 0.5) is 5.69 Å². The highest BCUT2D eigenvalue weighted by atomic mass is 35.5. The van der Waals surface area contributed by atoms with Gasteiger partial charge in [-0.05, 0) is 47.9 Å². The van der Waals surface area contributed by atoms with Crippen LogP contribution in [-0.2, 0) is 27.8 Å². The van der Waals surface area contributed by atoms with Gasteiger partial charge in [0.15, 0.2) is 0 Å². The number of ether oxygens (including phenoxy) is 1. The molecule has 3 aromatic rings. The third-order valence-corrected chi connectivity index (χ3v) is 7.01. The molecule has 8 heteroatoms. The molecule has 0 heterocycles. The Labute approximate surface area is 193 Å². The first-order chi connectivity index (χ1) is 15.3. The van der Waals surface area contributed by atoms with Crippen LogP contribution < -0.4 is 10.1 Å². The van der Waals surface area contributed by atoms with Crippen LogP contribution in [0.15, 0.2) is 77.7 Å². The van der Waals surface area contributed by atoms with Gasteiger partial charge in [0, 0.05) is 12.2 Å². The van der Waals surface area contributed by atoms with Crippen molar-refractivity contribution in [1.82, 2.24) is 4.31 Å². The lowest BCUT2D eigenvalue weighted by Gasteiger charge is -2.22. The largest absolute Gasteiger partial charge is 0.495 e. The Morgan fingerprint density at radius 2 is 1.69 bits per heavy atom. The lowest BCUT2D eigenvalue weighted by Crippen LogP contribution is -2.37. The van der Waals surface area contributed by atoms with Crippen molar-refractivity contribution >= 4 is 33.2 Å². The molecule has 0 spiro atoms. The van der Waals surface area contributed by atoms with E-state index < -0.39 is 15.9 Å². The molecule has 168 valence electrons. The average Bonchev–Trinajstić information content (AvgIpc) is 2.79. The molecular formula is C24H25ClN2O4S. The molecule has 3 aromatic carbocycles. The summed E-state index contributed by atoms with van der Waals surface area (Å²) >= 11 is 6.15. The molecule has 0 saturated carbocycles. The van der Waals surface area contributed by atoms with Crippen molar-refractivity contribution in [3.8, 4) is 5.75 Å². The van der Waals surface area contributed by atoms with E-state index in [-0.39, 0.29) is 23.0 Å². The summed E-state index contributed by atoms with van der Waals surface area (Å²) in [6.07, 6.45) is 0.891. The Bertz CT molecular complexity index is 1170. The number of carbonyl (C=O) groups is 1. The lowest BCUT2D eigenvalue weighted by molar-refractivity contribution is -0.116. The second-order valence-corrected chi connectivity index (χ2v) is 9.50. The highest BCUT2D eigenvalue weighted by Crippen LogP contribution is 2.29. The predicted molar refractivity (Wildman–Crippen MR) is 126 cm³/mol. The summed E-state index contributed by atoms with van der Waals surface area (Å²) in [4.78, 5) is 12.7. The van der Waals surface area contributed by atoms with Crippen molar-refractivity contribution in [2.75, 3.05) is 19.0 Å². The molecule has 0 unspecified atom stereocenters. The van der Waals surface area contributed by atoms with Gasteiger partial charge in [-0.1, -0.05) is 61.0 Å². The van der Waals surface area contributed by atoms with Crippen molar-refractivity contribution in [1.29, 1.82) is 0 Å². The fraction of sp³-hybridized carbons (Fsp3) is 0.208. The number of hydrogen-bond acceptors (Lipinski definition) is 4. The van der Waals surface area contributed by atoms with Crippen LogP contribution in [0.1, 0.15) is 18.1 Å². The second-order valence-electron chi connectivity index (χ2n) is 7.15. The zero-order valence-corrected chi connectivity index (χ0v) is 19.5. The molecule has 0 aliphatic heterocycles. The maximum absolute atomic E-state index is 13.4. The van der Waals surface area contributed by atoms with E-state index in [2.05, 4.69) is 5.32 Å². The first kappa shape index (κ1) is 23.8. The van der Waals surface area contributed by atoms with Crippen LogP contribution in [0.25, 0.3) is 0 Å². The quantitative estimate of drug-likeness (QED) is 0.488. The smallest absolute Gasteiger partial charge is 0.243 e. The minimum absolute atomic E-state index is 0.0145. The summed E-state index contributed by atoms with van der Waals surface area (Å²) in [5.41, 5.74) is 2.51. The molecule has 1 amide bonds. The SMILES string of the molecule is CCc1ccc(NC(=O)CN(Cc2ccccc2)S(=O)(=O)c2ccc(OC)c(Cl)c2)cc1. The number of nitrogens with one attached hydrogen (secondary N) is 1. The van der Waals surface area contributed by atoms with E-state index in [0.29, 0.717) is 11.4 Å². The number of sulfonamides is 1. The number of amides is 1. The number of halogens is 1. The Morgan fingerprint density at radius 3 is 2.28 bits per heavy atom. The summed E-state index contributed by atoms with van der Waals surface area (Å²) < 4.78 is 33.1. The molecule has 0 radical (unpaired) electrons. The summed E-state index contributed by atoms with van der Waals surface area (Å²) in [6.45, 7) is 1.73. The van der Waals surface area contributed by atoms with Crippen molar-refractivity contribution in [3.63, 3.8) is 0 Å². The van der Waals surface area contributed by atoms with Gasteiger partial charge >= 0.3 is 0 Å². The van der Waals surface area contributed by atoms with Gasteiger partial charge in [0.25, 0.3) is 0 Å². The fourth-order valence-electron chi connectivity index (χ4n) is 3.15. The second kappa shape index (κ2) is 10.6. The third-order valence-electron chi connectivity index (χ3n) is 4.93. The van der Waals surface area contributed by atoms with Crippen molar-refractivity contribution in [2.24, 2.45) is 0 Å². The monoisotopic (exact) mass is 472 g/mol. The van der Waals surface area contributed by atoms with E-state index in [0.717, 1.165) is 21.9 Å². The zero-order valence-electron chi connectivity index (χ0n) is 17.9. The highest BCUT2D eigenvalue weighted by molar-refractivity contribution is 7.89. The van der Waals surface area contributed by atoms with Gasteiger partial charge in [-0.25, -0.2) is 8.42 Å².